The van der Waals surface area contributed by atoms with Crippen molar-refractivity contribution in [2.24, 2.45) is 0 Å². The zero-order chi connectivity index (χ0) is 19.5. The molecule has 0 aliphatic rings. The van der Waals surface area contributed by atoms with Gasteiger partial charge in [0.25, 0.3) is 0 Å². The summed E-state index contributed by atoms with van der Waals surface area (Å²) in [5, 5.41) is 21.8. The number of nitrogens with one attached hydrogen (secondary N) is 1. The van der Waals surface area contributed by atoms with Gasteiger partial charge in [0.05, 0.1) is 17.3 Å². The number of aromatic amines is 1. The normalized spacial score (nSPS) is 11.4. The van der Waals surface area contributed by atoms with Gasteiger partial charge in [-0.25, -0.2) is 9.97 Å². The number of aromatic nitrogens is 6. The molecule has 1 aromatic carbocycles. The molecule has 0 bridgehead atoms. The summed E-state index contributed by atoms with van der Waals surface area (Å²) in [6, 6.07) is 9.54. The standard InChI is InChI=1S/C20H22N6O2/c1-13(2)28-14-4-5-16-15(12-14)19(24-23-16)20-21-8-6-17(22-20)18-7-10-26(25-18)9-3-11-27/h4-8,10,12-13,27H,3,9,11H2,1-2H3,(H,23,24). The van der Waals surface area contributed by atoms with Gasteiger partial charge in [-0.05, 0) is 50.6 Å². The van der Waals surface area contributed by atoms with Gasteiger partial charge in [0.2, 0.25) is 0 Å². The van der Waals surface area contributed by atoms with Crippen molar-refractivity contribution in [3.63, 3.8) is 0 Å². The zero-order valence-corrected chi connectivity index (χ0v) is 15.8. The first kappa shape index (κ1) is 18.1. The maximum Gasteiger partial charge on any atom is 0.181 e. The SMILES string of the molecule is CC(C)Oc1ccc2[nH]nc(-c3nccc(-c4ccn(CCCO)n4)n3)c2c1. The third kappa shape index (κ3) is 3.72. The maximum atomic E-state index is 8.97. The summed E-state index contributed by atoms with van der Waals surface area (Å²) < 4.78 is 7.60. The summed E-state index contributed by atoms with van der Waals surface area (Å²) in [4.78, 5) is 9.06. The molecular formula is C20H22N6O2. The Morgan fingerprint density at radius 1 is 1.18 bits per heavy atom. The molecule has 8 heteroatoms. The van der Waals surface area contributed by atoms with Crippen molar-refractivity contribution in [3.05, 3.63) is 42.7 Å². The van der Waals surface area contributed by atoms with Crippen LogP contribution in [0.2, 0.25) is 0 Å². The van der Waals surface area contributed by atoms with Crippen LogP contribution < -0.4 is 4.74 Å². The van der Waals surface area contributed by atoms with Gasteiger partial charge in [-0.3, -0.25) is 9.78 Å². The van der Waals surface area contributed by atoms with Crippen LogP contribution in [0.3, 0.4) is 0 Å². The van der Waals surface area contributed by atoms with E-state index in [0.717, 1.165) is 28.0 Å². The monoisotopic (exact) mass is 378 g/mol. The van der Waals surface area contributed by atoms with Crippen LogP contribution in [0.5, 0.6) is 5.75 Å². The third-order valence-electron chi connectivity index (χ3n) is 4.22. The fourth-order valence-electron chi connectivity index (χ4n) is 2.98. The summed E-state index contributed by atoms with van der Waals surface area (Å²) in [5.41, 5.74) is 3.04. The maximum absolute atomic E-state index is 8.97. The molecule has 3 aromatic heterocycles. The zero-order valence-electron chi connectivity index (χ0n) is 15.8. The summed E-state index contributed by atoms with van der Waals surface area (Å²) in [6.45, 7) is 4.79. The van der Waals surface area contributed by atoms with Gasteiger partial charge >= 0.3 is 0 Å². The second-order valence-corrected chi connectivity index (χ2v) is 6.75. The van der Waals surface area contributed by atoms with Crippen molar-refractivity contribution >= 4 is 10.9 Å². The van der Waals surface area contributed by atoms with Crippen LogP contribution in [0.4, 0.5) is 0 Å². The number of ether oxygens (including phenoxy) is 1. The minimum atomic E-state index is 0.0910. The number of H-pyrrole nitrogens is 1. The lowest BCUT2D eigenvalue weighted by atomic mass is 10.2. The summed E-state index contributed by atoms with van der Waals surface area (Å²) >= 11 is 0. The average molecular weight is 378 g/mol. The lowest BCUT2D eigenvalue weighted by molar-refractivity contribution is 0.243. The predicted octanol–water partition coefficient (Wildman–Crippen LogP) is 3.05. The first-order valence-electron chi connectivity index (χ1n) is 9.27. The van der Waals surface area contributed by atoms with Crippen LogP contribution in [0, 0.1) is 0 Å². The molecule has 0 atom stereocenters. The number of aliphatic hydroxyl groups is 1. The van der Waals surface area contributed by atoms with Gasteiger partial charge < -0.3 is 9.84 Å². The molecule has 0 radical (unpaired) electrons. The highest BCUT2D eigenvalue weighted by Crippen LogP contribution is 2.28. The summed E-state index contributed by atoms with van der Waals surface area (Å²) in [5.74, 6) is 1.30. The Hall–Kier alpha value is -3.26. The van der Waals surface area contributed by atoms with Crippen molar-refractivity contribution in [1.29, 1.82) is 0 Å². The molecule has 8 nitrogen and oxygen atoms in total. The van der Waals surface area contributed by atoms with E-state index in [4.69, 9.17) is 9.84 Å². The molecule has 0 saturated heterocycles. The Labute approximate surface area is 162 Å². The molecule has 0 fully saturated rings. The third-order valence-corrected chi connectivity index (χ3v) is 4.22. The molecule has 28 heavy (non-hydrogen) atoms. The van der Waals surface area contributed by atoms with E-state index in [9.17, 15) is 0 Å². The predicted molar refractivity (Wildman–Crippen MR) is 106 cm³/mol. The van der Waals surface area contributed by atoms with E-state index >= 15 is 0 Å². The topological polar surface area (TPSA) is 102 Å². The molecule has 0 aliphatic heterocycles. The largest absolute Gasteiger partial charge is 0.491 e. The average Bonchev–Trinajstić information content (AvgIpc) is 3.33. The quantitative estimate of drug-likeness (QED) is 0.512. The highest BCUT2D eigenvalue weighted by molar-refractivity contribution is 5.92. The number of rotatable bonds is 7. The van der Waals surface area contributed by atoms with E-state index in [2.05, 4.69) is 25.3 Å². The number of hydrogen-bond acceptors (Lipinski definition) is 6. The van der Waals surface area contributed by atoms with Crippen LogP contribution in [-0.2, 0) is 6.54 Å². The number of fused-ring (bicyclic) bond motifs is 1. The molecular weight excluding hydrogens is 356 g/mol. The second kappa shape index (κ2) is 7.77. The van der Waals surface area contributed by atoms with Crippen molar-refractivity contribution in [3.8, 4) is 28.7 Å². The Balaban J connectivity index is 1.68. The first-order chi connectivity index (χ1) is 13.6. The number of nitrogens with zero attached hydrogens (tertiary/aromatic N) is 5. The van der Waals surface area contributed by atoms with Gasteiger partial charge in [-0.15, -0.1) is 0 Å². The fraction of sp³-hybridized carbons (Fsp3) is 0.300. The minimum absolute atomic E-state index is 0.0910. The first-order valence-corrected chi connectivity index (χ1v) is 9.27. The van der Waals surface area contributed by atoms with Gasteiger partial charge in [-0.1, -0.05) is 0 Å². The molecule has 3 heterocycles. The molecule has 0 unspecified atom stereocenters. The molecule has 4 rings (SSSR count). The smallest absolute Gasteiger partial charge is 0.181 e. The van der Waals surface area contributed by atoms with Crippen LogP contribution >= 0.6 is 0 Å². The van der Waals surface area contributed by atoms with E-state index in [1.165, 1.54) is 0 Å². The summed E-state index contributed by atoms with van der Waals surface area (Å²) in [6.07, 6.45) is 4.34. The fourth-order valence-corrected chi connectivity index (χ4v) is 2.98. The van der Waals surface area contributed by atoms with E-state index in [0.29, 0.717) is 24.5 Å². The molecule has 0 aliphatic carbocycles. The van der Waals surface area contributed by atoms with E-state index < -0.39 is 0 Å². The molecule has 0 saturated carbocycles. The number of benzene rings is 1. The van der Waals surface area contributed by atoms with Gasteiger partial charge in [0.15, 0.2) is 5.82 Å². The van der Waals surface area contributed by atoms with E-state index in [1.54, 1.807) is 10.9 Å². The highest BCUT2D eigenvalue weighted by atomic mass is 16.5. The minimum Gasteiger partial charge on any atom is -0.491 e. The number of hydrogen-bond donors (Lipinski definition) is 2. The van der Waals surface area contributed by atoms with Crippen molar-refractivity contribution in [2.75, 3.05) is 6.61 Å². The number of aryl methyl sites for hydroxylation is 1. The second-order valence-electron chi connectivity index (χ2n) is 6.75. The summed E-state index contributed by atoms with van der Waals surface area (Å²) in [7, 11) is 0. The highest BCUT2D eigenvalue weighted by Gasteiger charge is 2.14. The van der Waals surface area contributed by atoms with Crippen LogP contribution in [0.25, 0.3) is 33.8 Å². The Morgan fingerprint density at radius 2 is 2.07 bits per heavy atom. The van der Waals surface area contributed by atoms with Gasteiger partial charge in [0, 0.05) is 30.9 Å². The lowest BCUT2D eigenvalue weighted by Gasteiger charge is -2.09. The lowest BCUT2D eigenvalue weighted by Crippen LogP contribution is -2.05. The van der Waals surface area contributed by atoms with Crippen molar-refractivity contribution < 1.29 is 9.84 Å². The van der Waals surface area contributed by atoms with Gasteiger partial charge in [-0.2, -0.15) is 10.2 Å². The van der Waals surface area contributed by atoms with Crippen LogP contribution in [-0.4, -0.2) is 47.8 Å². The van der Waals surface area contributed by atoms with Crippen LogP contribution in [0.1, 0.15) is 20.3 Å². The van der Waals surface area contributed by atoms with Crippen LogP contribution in [0.15, 0.2) is 42.7 Å². The Bertz CT molecular complexity index is 1090. The van der Waals surface area contributed by atoms with Crippen molar-refractivity contribution in [1.82, 2.24) is 29.9 Å². The molecule has 0 amide bonds. The molecule has 2 N–H and O–H groups in total. The van der Waals surface area contributed by atoms with Crippen molar-refractivity contribution in [2.45, 2.75) is 32.9 Å². The van der Waals surface area contributed by atoms with E-state index in [1.807, 2.05) is 50.4 Å². The van der Waals surface area contributed by atoms with E-state index in [-0.39, 0.29) is 12.7 Å². The molecule has 4 aromatic rings. The Morgan fingerprint density at radius 3 is 2.89 bits per heavy atom. The molecule has 0 spiro atoms. The molecule has 144 valence electrons. The van der Waals surface area contributed by atoms with Gasteiger partial charge in [0.1, 0.15) is 17.1 Å². The number of aliphatic hydroxyl groups excluding tert-OH is 1. The Kier molecular flexibility index (Phi) is 5.03.